The first-order valence-corrected chi connectivity index (χ1v) is 11.5. The van der Waals surface area contributed by atoms with Crippen LogP contribution < -0.4 is 10.1 Å². The third kappa shape index (κ3) is 7.00. The fourth-order valence-corrected chi connectivity index (χ4v) is 3.53. The summed E-state index contributed by atoms with van der Waals surface area (Å²) in [5.74, 6) is -0.774. The van der Waals surface area contributed by atoms with Crippen LogP contribution in [0.1, 0.15) is 54.1 Å². The summed E-state index contributed by atoms with van der Waals surface area (Å²) in [6.07, 6.45) is -8.24. The standard InChI is InChI=1S/C23H19BrF6N6O2/c1-12(33-19(37)13-6-14(21(2,3)10-31)8-15(7-13)23(28,29)30)18-34-20(24)35-36(18)17-5-4-16(9-32-17)38-11-22(25,26)27/h4-9,12H,11H2,1-3H3,(H,33,37). The summed E-state index contributed by atoms with van der Waals surface area (Å²) in [7, 11) is 0. The lowest BCUT2D eigenvalue weighted by molar-refractivity contribution is -0.153. The molecule has 0 spiro atoms. The van der Waals surface area contributed by atoms with Gasteiger partial charge in [0.15, 0.2) is 18.2 Å². The average molecular weight is 605 g/mol. The van der Waals surface area contributed by atoms with Crippen molar-refractivity contribution < 1.29 is 35.9 Å². The molecule has 1 amide bonds. The van der Waals surface area contributed by atoms with Gasteiger partial charge in [-0.1, -0.05) is 0 Å². The zero-order valence-electron chi connectivity index (χ0n) is 19.9. The largest absolute Gasteiger partial charge is 0.483 e. The average Bonchev–Trinajstić information content (AvgIpc) is 3.23. The lowest BCUT2D eigenvalue weighted by atomic mass is 9.84. The minimum absolute atomic E-state index is 0.00979. The molecule has 1 aromatic carbocycles. The number of amides is 1. The lowest BCUT2D eigenvalue weighted by Gasteiger charge is -2.20. The molecule has 1 N–H and O–H groups in total. The number of nitrogens with zero attached hydrogens (tertiary/aromatic N) is 5. The molecule has 0 aliphatic rings. The fourth-order valence-electron chi connectivity index (χ4n) is 3.19. The molecule has 38 heavy (non-hydrogen) atoms. The number of nitriles is 1. The smallest absolute Gasteiger partial charge is 0.422 e. The van der Waals surface area contributed by atoms with Crippen LogP contribution in [0.25, 0.3) is 5.82 Å². The molecule has 0 aliphatic carbocycles. The van der Waals surface area contributed by atoms with Gasteiger partial charge in [0, 0.05) is 5.56 Å². The maximum absolute atomic E-state index is 13.5. The molecule has 3 aromatic rings. The highest BCUT2D eigenvalue weighted by molar-refractivity contribution is 9.10. The van der Waals surface area contributed by atoms with Crippen LogP contribution in [-0.2, 0) is 11.6 Å². The van der Waals surface area contributed by atoms with Gasteiger partial charge in [-0.05, 0) is 72.6 Å². The molecule has 0 bridgehead atoms. The Hall–Kier alpha value is -3.67. The van der Waals surface area contributed by atoms with Crippen molar-refractivity contribution in [2.24, 2.45) is 0 Å². The summed E-state index contributed by atoms with van der Waals surface area (Å²) in [5.41, 5.74) is -2.69. The molecule has 3 rings (SSSR count). The van der Waals surface area contributed by atoms with E-state index in [2.05, 4.69) is 41.1 Å². The topological polar surface area (TPSA) is 106 Å². The van der Waals surface area contributed by atoms with Crippen molar-refractivity contribution in [1.82, 2.24) is 25.1 Å². The number of alkyl halides is 6. The van der Waals surface area contributed by atoms with Crippen molar-refractivity contribution in [2.45, 2.75) is 44.6 Å². The van der Waals surface area contributed by atoms with Crippen LogP contribution in [0, 0.1) is 11.3 Å². The monoisotopic (exact) mass is 604 g/mol. The number of hydrogen-bond donors (Lipinski definition) is 1. The van der Waals surface area contributed by atoms with Gasteiger partial charge in [-0.15, -0.1) is 5.10 Å². The van der Waals surface area contributed by atoms with Gasteiger partial charge in [0.25, 0.3) is 5.91 Å². The Morgan fingerprint density at radius 1 is 1.16 bits per heavy atom. The molecule has 2 heterocycles. The van der Waals surface area contributed by atoms with E-state index in [1.807, 2.05) is 6.07 Å². The van der Waals surface area contributed by atoms with Gasteiger partial charge < -0.3 is 10.1 Å². The number of carbonyl (C=O) groups excluding carboxylic acids is 1. The Bertz CT molecular complexity index is 1360. The Morgan fingerprint density at radius 2 is 1.82 bits per heavy atom. The molecule has 0 fully saturated rings. The van der Waals surface area contributed by atoms with Gasteiger partial charge in [0.2, 0.25) is 4.73 Å². The van der Waals surface area contributed by atoms with Gasteiger partial charge >= 0.3 is 12.4 Å². The van der Waals surface area contributed by atoms with Crippen LogP contribution in [0.15, 0.2) is 41.3 Å². The maximum Gasteiger partial charge on any atom is 0.422 e. The first kappa shape index (κ1) is 28.9. The van der Waals surface area contributed by atoms with Gasteiger partial charge in [-0.3, -0.25) is 4.79 Å². The van der Waals surface area contributed by atoms with Crippen LogP contribution in [0.3, 0.4) is 0 Å². The van der Waals surface area contributed by atoms with Crippen LogP contribution in [0.2, 0.25) is 0 Å². The van der Waals surface area contributed by atoms with E-state index in [9.17, 15) is 36.4 Å². The number of aromatic nitrogens is 4. The quantitative estimate of drug-likeness (QED) is 0.348. The molecule has 1 unspecified atom stereocenters. The number of ether oxygens (including phenoxy) is 1. The summed E-state index contributed by atoms with van der Waals surface area (Å²) < 4.78 is 83.5. The number of rotatable bonds is 7. The predicted molar refractivity (Wildman–Crippen MR) is 124 cm³/mol. The number of hydrogen-bond acceptors (Lipinski definition) is 6. The lowest BCUT2D eigenvalue weighted by Crippen LogP contribution is -2.29. The first-order valence-electron chi connectivity index (χ1n) is 10.7. The molecule has 15 heteroatoms. The molecule has 8 nitrogen and oxygen atoms in total. The van der Waals surface area contributed by atoms with E-state index < -0.39 is 41.9 Å². The Labute approximate surface area is 220 Å². The maximum atomic E-state index is 13.5. The number of pyridine rings is 1. The van der Waals surface area contributed by atoms with Gasteiger partial charge in [0.05, 0.1) is 29.3 Å². The summed E-state index contributed by atoms with van der Waals surface area (Å²) in [5, 5.41) is 16.0. The second-order valence-electron chi connectivity index (χ2n) is 8.64. The molecule has 1 atom stereocenters. The molecule has 0 saturated carbocycles. The van der Waals surface area contributed by atoms with Crippen LogP contribution in [0.5, 0.6) is 5.75 Å². The van der Waals surface area contributed by atoms with E-state index >= 15 is 0 Å². The Morgan fingerprint density at radius 3 is 2.37 bits per heavy atom. The van der Waals surface area contributed by atoms with Gasteiger partial charge in [-0.2, -0.15) is 36.3 Å². The fraction of sp³-hybridized carbons (Fsp3) is 0.348. The van der Waals surface area contributed by atoms with E-state index in [1.165, 1.54) is 43.7 Å². The van der Waals surface area contributed by atoms with Crippen molar-refractivity contribution in [1.29, 1.82) is 5.26 Å². The number of nitrogens with one attached hydrogen (secondary N) is 1. The van der Waals surface area contributed by atoms with Crippen molar-refractivity contribution in [2.75, 3.05) is 6.61 Å². The number of halogens is 7. The molecule has 0 saturated heterocycles. The molecule has 0 radical (unpaired) electrons. The van der Waals surface area contributed by atoms with Gasteiger partial charge in [0.1, 0.15) is 5.75 Å². The van der Waals surface area contributed by atoms with Crippen LogP contribution in [-0.4, -0.2) is 38.4 Å². The SMILES string of the molecule is CC(NC(=O)c1cc(C(F)(F)F)cc(C(C)(C)C#N)c1)c1nc(Br)nn1-c1ccc(OCC(F)(F)F)cn1. The third-order valence-electron chi connectivity index (χ3n) is 5.21. The van der Waals surface area contributed by atoms with E-state index in [0.29, 0.717) is 6.07 Å². The second kappa shape index (κ2) is 10.6. The van der Waals surface area contributed by atoms with E-state index in [-0.39, 0.29) is 33.3 Å². The summed E-state index contributed by atoms with van der Waals surface area (Å²) in [6.45, 7) is 2.86. The highest BCUT2D eigenvalue weighted by Crippen LogP contribution is 2.34. The molecule has 2 aromatic heterocycles. The highest BCUT2D eigenvalue weighted by Gasteiger charge is 2.34. The number of carbonyl (C=O) groups is 1. The predicted octanol–water partition coefficient (Wildman–Crippen LogP) is 5.68. The highest BCUT2D eigenvalue weighted by atomic mass is 79.9. The normalized spacial score (nSPS) is 13.1. The van der Waals surface area contributed by atoms with Gasteiger partial charge in [-0.25, -0.2) is 9.97 Å². The molecular formula is C23H19BrF6N6O2. The van der Waals surface area contributed by atoms with E-state index in [4.69, 9.17) is 0 Å². The second-order valence-corrected chi connectivity index (χ2v) is 9.34. The minimum atomic E-state index is -4.76. The third-order valence-corrected chi connectivity index (χ3v) is 5.54. The molecule has 202 valence electrons. The summed E-state index contributed by atoms with van der Waals surface area (Å²) in [4.78, 5) is 21.1. The molecular weight excluding hydrogens is 586 g/mol. The zero-order valence-corrected chi connectivity index (χ0v) is 21.5. The van der Waals surface area contributed by atoms with Crippen molar-refractivity contribution >= 4 is 21.8 Å². The van der Waals surface area contributed by atoms with Crippen molar-refractivity contribution in [3.8, 4) is 17.6 Å². The first-order chi connectivity index (χ1) is 17.5. The zero-order chi connectivity index (χ0) is 28.5. The van der Waals surface area contributed by atoms with Crippen LogP contribution in [0.4, 0.5) is 26.3 Å². The Balaban J connectivity index is 1.88. The van der Waals surface area contributed by atoms with Crippen molar-refractivity contribution in [3.05, 3.63) is 63.8 Å². The summed E-state index contributed by atoms with van der Waals surface area (Å²) >= 11 is 3.10. The van der Waals surface area contributed by atoms with Crippen molar-refractivity contribution in [3.63, 3.8) is 0 Å². The van der Waals surface area contributed by atoms with E-state index in [0.717, 1.165) is 12.3 Å². The summed E-state index contributed by atoms with van der Waals surface area (Å²) in [6, 6.07) is 6.27. The Kier molecular flexibility index (Phi) is 8.06. The molecule has 0 aliphatic heterocycles. The minimum Gasteiger partial charge on any atom is -0.483 e. The van der Waals surface area contributed by atoms with E-state index in [1.54, 1.807) is 0 Å². The van der Waals surface area contributed by atoms with Crippen LogP contribution >= 0.6 is 15.9 Å². The number of benzene rings is 1.